The minimum absolute atomic E-state index is 0.0317. The number of nitrogens with zero attached hydrogens (tertiary/aromatic N) is 2. The molecule has 22 heavy (non-hydrogen) atoms. The fourth-order valence-electron chi connectivity index (χ4n) is 2.40. The van der Waals surface area contributed by atoms with Crippen LogP contribution in [0.25, 0.3) is 0 Å². The number of nitriles is 1. The molecule has 0 spiro atoms. The van der Waals surface area contributed by atoms with Gasteiger partial charge in [0.05, 0.1) is 29.4 Å². The van der Waals surface area contributed by atoms with Crippen molar-refractivity contribution >= 4 is 11.9 Å². The van der Waals surface area contributed by atoms with Crippen molar-refractivity contribution in [3.63, 3.8) is 0 Å². The first-order valence-electron chi connectivity index (χ1n) is 7.10. The largest absolute Gasteiger partial charge is 0.452 e. The minimum atomic E-state index is -0.611. The molecule has 0 saturated carbocycles. The van der Waals surface area contributed by atoms with E-state index in [0.717, 1.165) is 0 Å². The van der Waals surface area contributed by atoms with Crippen molar-refractivity contribution in [3.05, 3.63) is 35.4 Å². The maximum absolute atomic E-state index is 12.1. The predicted octanol–water partition coefficient (Wildman–Crippen LogP) is 1.35. The van der Waals surface area contributed by atoms with Gasteiger partial charge in [-0.2, -0.15) is 5.26 Å². The van der Waals surface area contributed by atoms with Crippen LogP contribution in [-0.4, -0.2) is 48.7 Å². The van der Waals surface area contributed by atoms with Gasteiger partial charge in [0.1, 0.15) is 0 Å². The van der Waals surface area contributed by atoms with Crippen molar-refractivity contribution in [1.82, 2.24) is 4.90 Å². The topological polar surface area (TPSA) is 79.6 Å². The summed E-state index contributed by atoms with van der Waals surface area (Å²) in [6.45, 7) is 4.47. The Balaban J connectivity index is 1.90. The summed E-state index contributed by atoms with van der Waals surface area (Å²) in [4.78, 5) is 25.6. The highest BCUT2D eigenvalue weighted by atomic mass is 16.5. The Bertz CT molecular complexity index is 598. The molecular formula is C16H18N2O4. The molecule has 2 rings (SSSR count). The normalized spacial score (nSPS) is 21.0. The number of esters is 1. The summed E-state index contributed by atoms with van der Waals surface area (Å²) in [6, 6.07) is 8.13. The summed E-state index contributed by atoms with van der Waals surface area (Å²) in [7, 11) is 0. The third-order valence-electron chi connectivity index (χ3n) is 3.33. The number of morpholine rings is 1. The Kier molecular flexibility index (Phi) is 5.12. The van der Waals surface area contributed by atoms with E-state index >= 15 is 0 Å². The summed E-state index contributed by atoms with van der Waals surface area (Å²) in [6.07, 6.45) is -0.0635. The first kappa shape index (κ1) is 16.0. The Morgan fingerprint density at radius 2 is 2.05 bits per heavy atom. The number of hydrogen-bond donors (Lipinski definition) is 0. The maximum atomic E-state index is 12.1. The molecule has 1 saturated heterocycles. The summed E-state index contributed by atoms with van der Waals surface area (Å²) >= 11 is 0. The van der Waals surface area contributed by atoms with E-state index in [-0.39, 0.29) is 30.3 Å². The predicted molar refractivity (Wildman–Crippen MR) is 78.0 cm³/mol. The van der Waals surface area contributed by atoms with Gasteiger partial charge in [-0.25, -0.2) is 4.79 Å². The molecule has 1 amide bonds. The van der Waals surface area contributed by atoms with Crippen LogP contribution in [0.15, 0.2) is 24.3 Å². The zero-order valence-corrected chi connectivity index (χ0v) is 12.6. The average Bonchev–Trinajstić information content (AvgIpc) is 2.51. The molecule has 1 aliphatic heterocycles. The quantitative estimate of drug-likeness (QED) is 0.787. The molecule has 2 atom stereocenters. The lowest BCUT2D eigenvalue weighted by atomic mass is 10.1. The lowest BCUT2D eigenvalue weighted by molar-refractivity contribution is -0.146. The smallest absolute Gasteiger partial charge is 0.338 e. The summed E-state index contributed by atoms with van der Waals surface area (Å²) in [5.41, 5.74) is 0.632. The number of hydrogen-bond acceptors (Lipinski definition) is 5. The van der Waals surface area contributed by atoms with Gasteiger partial charge in [-0.05, 0) is 32.0 Å². The van der Waals surface area contributed by atoms with Gasteiger partial charge in [0.2, 0.25) is 0 Å². The first-order chi connectivity index (χ1) is 10.5. The summed E-state index contributed by atoms with van der Waals surface area (Å²) in [5, 5.41) is 8.81. The van der Waals surface area contributed by atoms with Crippen molar-refractivity contribution in [1.29, 1.82) is 5.26 Å². The molecule has 116 valence electrons. The van der Waals surface area contributed by atoms with E-state index in [4.69, 9.17) is 14.7 Å². The molecule has 0 aliphatic carbocycles. The number of carbonyl (C=O) groups is 2. The molecule has 0 bridgehead atoms. The number of amides is 1. The van der Waals surface area contributed by atoms with E-state index in [1.165, 1.54) is 6.07 Å². The Morgan fingerprint density at radius 1 is 1.36 bits per heavy atom. The second-order valence-corrected chi connectivity index (χ2v) is 5.32. The number of carbonyl (C=O) groups excluding carboxylic acids is 2. The van der Waals surface area contributed by atoms with Crippen LogP contribution >= 0.6 is 0 Å². The van der Waals surface area contributed by atoms with Gasteiger partial charge in [-0.1, -0.05) is 6.07 Å². The number of rotatable bonds is 3. The minimum Gasteiger partial charge on any atom is -0.452 e. The Morgan fingerprint density at radius 3 is 2.68 bits per heavy atom. The van der Waals surface area contributed by atoms with Gasteiger partial charge in [-0.15, -0.1) is 0 Å². The fourth-order valence-corrected chi connectivity index (χ4v) is 2.40. The number of ether oxygens (including phenoxy) is 2. The van der Waals surface area contributed by atoms with Gasteiger partial charge in [0.25, 0.3) is 5.91 Å². The molecule has 1 heterocycles. The van der Waals surface area contributed by atoms with E-state index in [1.807, 2.05) is 19.9 Å². The Labute approximate surface area is 129 Å². The second kappa shape index (κ2) is 7.05. The molecule has 6 heteroatoms. The maximum Gasteiger partial charge on any atom is 0.338 e. The highest BCUT2D eigenvalue weighted by Gasteiger charge is 2.26. The van der Waals surface area contributed by atoms with Gasteiger partial charge >= 0.3 is 5.97 Å². The van der Waals surface area contributed by atoms with Crippen molar-refractivity contribution in [2.24, 2.45) is 0 Å². The van der Waals surface area contributed by atoms with Gasteiger partial charge in [0, 0.05) is 13.1 Å². The van der Waals surface area contributed by atoms with E-state index in [9.17, 15) is 9.59 Å². The molecule has 1 aromatic carbocycles. The van der Waals surface area contributed by atoms with Crippen LogP contribution in [0.4, 0.5) is 0 Å². The van der Waals surface area contributed by atoms with Gasteiger partial charge in [-0.3, -0.25) is 4.79 Å². The molecule has 1 aliphatic rings. The highest BCUT2D eigenvalue weighted by molar-refractivity contribution is 5.91. The highest BCUT2D eigenvalue weighted by Crippen LogP contribution is 2.11. The average molecular weight is 302 g/mol. The first-order valence-corrected chi connectivity index (χ1v) is 7.10. The summed E-state index contributed by atoms with van der Waals surface area (Å²) in [5.74, 6) is -0.855. The number of benzene rings is 1. The van der Waals surface area contributed by atoms with E-state index in [2.05, 4.69) is 0 Å². The van der Waals surface area contributed by atoms with Crippen LogP contribution in [0.3, 0.4) is 0 Å². The third kappa shape index (κ3) is 4.06. The molecular weight excluding hydrogens is 284 g/mol. The van der Waals surface area contributed by atoms with Crippen molar-refractivity contribution < 1.29 is 19.1 Å². The zero-order valence-electron chi connectivity index (χ0n) is 12.6. The van der Waals surface area contributed by atoms with Crippen LogP contribution < -0.4 is 0 Å². The monoisotopic (exact) mass is 302 g/mol. The molecule has 1 fully saturated rings. The lowest BCUT2D eigenvalue weighted by Crippen LogP contribution is -2.49. The molecule has 0 N–H and O–H groups in total. The van der Waals surface area contributed by atoms with Crippen LogP contribution in [0, 0.1) is 11.3 Å². The van der Waals surface area contributed by atoms with Crippen molar-refractivity contribution in [2.45, 2.75) is 26.1 Å². The van der Waals surface area contributed by atoms with Gasteiger partial charge < -0.3 is 14.4 Å². The molecule has 6 nitrogen and oxygen atoms in total. The fraction of sp³-hybridized carbons (Fsp3) is 0.438. The molecule has 0 aromatic heterocycles. The van der Waals surface area contributed by atoms with E-state index < -0.39 is 5.97 Å². The molecule has 0 unspecified atom stereocenters. The van der Waals surface area contributed by atoms with Crippen LogP contribution in [0.1, 0.15) is 29.8 Å². The lowest BCUT2D eigenvalue weighted by Gasteiger charge is -2.35. The zero-order chi connectivity index (χ0) is 16.1. The summed E-state index contributed by atoms with van der Waals surface area (Å²) < 4.78 is 10.6. The standard InChI is InChI=1S/C16H18N2O4/c1-11-8-18(9-12(2)22-11)15(19)10-21-16(20)14-5-3-4-13(6-14)7-17/h3-6,11-12H,8-10H2,1-2H3/t11-,12+. The SMILES string of the molecule is C[C@@H]1CN(C(=O)COC(=O)c2cccc(C#N)c2)C[C@H](C)O1. The van der Waals surface area contributed by atoms with E-state index in [0.29, 0.717) is 18.7 Å². The van der Waals surface area contributed by atoms with Crippen molar-refractivity contribution in [3.8, 4) is 6.07 Å². The Hall–Kier alpha value is -2.39. The van der Waals surface area contributed by atoms with Crippen LogP contribution in [-0.2, 0) is 14.3 Å². The third-order valence-corrected chi connectivity index (χ3v) is 3.33. The van der Waals surface area contributed by atoms with Crippen LogP contribution in [0.5, 0.6) is 0 Å². The van der Waals surface area contributed by atoms with E-state index in [1.54, 1.807) is 23.1 Å². The molecule has 0 radical (unpaired) electrons. The molecule has 1 aromatic rings. The van der Waals surface area contributed by atoms with Gasteiger partial charge in [0.15, 0.2) is 6.61 Å². The van der Waals surface area contributed by atoms with Crippen LogP contribution in [0.2, 0.25) is 0 Å². The van der Waals surface area contributed by atoms with Crippen molar-refractivity contribution in [2.75, 3.05) is 19.7 Å². The second-order valence-electron chi connectivity index (χ2n) is 5.32.